The Labute approximate surface area is 110 Å². The number of hydrogen-bond donors (Lipinski definition) is 1. The summed E-state index contributed by atoms with van der Waals surface area (Å²) >= 11 is 0. The van der Waals surface area contributed by atoms with Crippen molar-refractivity contribution in [1.82, 2.24) is 0 Å². The van der Waals surface area contributed by atoms with E-state index >= 15 is 0 Å². The summed E-state index contributed by atoms with van der Waals surface area (Å²) in [4.78, 5) is 24.4. The lowest BCUT2D eigenvalue weighted by atomic mass is 10.0. The molecule has 0 bridgehead atoms. The molecule has 0 atom stereocenters. The Kier molecular flexibility index (Phi) is 2.71. The van der Waals surface area contributed by atoms with Crippen molar-refractivity contribution in [3.05, 3.63) is 42.0 Å². The third-order valence-electron chi connectivity index (χ3n) is 3.50. The minimum atomic E-state index is -1.42. The number of Topliss-reactive ketones (excluding diaryl/α,β-unsaturated/α-hetero) is 1. The Morgan fingerprint density at radius 3 is 2.32 bits per heavy atom. The number of nitrogens with zero attached hydrogens (tertiary/aromatic N) is 1. The van der Waals surface area contributed by atoms with E-state index in [9.17, 15) is 9.59 Å². The first kappa shape index (κ1) is 11.7. The topological polar surface area (TPSA) is 57.6 Å². The maximum Gasteiger partial charge on any atom is 0.377 e. The van der Waals surface area contributed by atoms with Crippen LogP contribution < -0.4 is 4.90 Å². The molecule has 0 aromatic heterocycles. The fraction of sp³-hybridized carbons (Fsp3) is 0.200. The molecule has 0 radical (unpaired) electrons. The summed E-state index contributed by atoms with van der Waals surface area (Å²) in [6.45, 7) is 2.17. The van der Waals surface area contributed by atoms with Crippen LogP contribution in [0.1, 0.15) is 16.8 Å². The van der Waals surface area contributed by atoms with Crippen LogP contribution in [0.5, 0.6) is 0 Å². The zero-order valence-electron chi connectivity index (χ0n) is 10.3. The highest BCUT2D eigenvalue weighted by atomic mass is 16.4. The molecule has 0 saturated carbocycles. The molecule has 2 aromatic carbocycles. The van der Waals surface area contributed by atoms with Gasteiger partial charge in [-0.15, -0.1) is 0 Å². The van der Waals surface area contributed by atoms with Crippen molar-refractivity contribution in [2.75, 3.05) is 18.0 Å². The fourth-order valence-corrected chi connectivity index (χ4v) is 2.27. The molecule has 0 amide bonds. The Hall–Kier alpha value is -2.36. The van der Waals surface area contributed by atoms with Crippen molar-refractivity contribution >= 4 is 28.2 Å². The molecule has 1 heterocycles. The van der Waals surface area contributed by atoms with Crippen LogP contribution in [-0.2, 0) is 4.79 Å². The van der Waals surface area contributed by atoms with Crippen LogP contribution in [-0.4, -0.2) is 29.9 Å². The molecule has 2 aromatic rings. The van der Waals surface area contributed by atoms with E-state index in [1.807, 2.05) is 12.1 Å². The molecule has 19 heavy (non-hydrogen) atoms. The largest absolute Gasteiger partial charge is 0.475 e. The molecule has 96 valence electrons. The number of fused-ring (bicyclic) bond motifs is 1. The van der Waals surface area contributed by atoms with E-state index in [0.717, 1.165) is 23.9 Å². The van der Waals surface area contributed by atoms with Crippen molar-refractivity contribution in [2.45, 2.75) is 6.42 Å². The zero-order chi connectivity index (χ0) is 13.4. The van der Waals surface area contributed by atoms with Crippen LogP contribution >= 0.6 is 0 Å². The number of carbonyl (C=O) groups is 2. The number of anilines is 1. The number of carbonyl (C=O) groups excluding carboxylic acids is 1. The highest BCUT2D eigenvalue weighted by molar-refractivity contribution is 6.40. The quantitative estimate of drug-likeness (QED) is 0.675. The lowest BCUT2D eigenvalue weighted by Crippen LogP contribution is -2.36. The standard InChI is InChI=1S/C15H13NO3/c17-14(15(18)19)12-3-2-11-9-13(16-6-1-7-16)5-4-10(11)8-12/h2-5,8-9H,1,6-7H2,(H,18,19). The smallest absolute Gasteiger partial charge is 0.377 e. The van der Waals surface area contributed by atoms with E-state index in [4.69, 9.17) is 5.11 Å². The van der Waals surface area contributed by atoms with Crippen LogP contribution in [0, 0.1) is 0 Å². The number of hydrogen-bond acceptors (Lipinski definition) is 3. The minimum absolute atomic E-state index is 0.219. The highest BCUT2D eigenvalue weighted by Crippen LogP contribution is 2.26. The van der Waals surface area contributed by atoms with E-state index < -0.39 is 11.8 Å². The van der Waals surface area contributed by atoms with E-state index in [1.165, 1.54) is 12.1 Å². The molecule has 1 N–H and O–H groups in total. The van der Waals surface area contributed by atoms with E-state index in [-0.39, 0.29) is 5.56 Å². The normalized spacial score (nSPS) is 14.2. The van der Waals surface area contributed by atoms with Gasteiger partial charge in [0.05, 0.1) is 0 Å². The Balaban J connectivity index is 2.00. The minimum Gasteiger partial charge on any atom is -0.475 e. The molecule has 3 rings (SSSR count). The van der Waals surface area contributed by atoms with E-state index in [2.05, 4.69) is 11.0 Å². The number of carboxylic acid groups (broad SMARTS) is 1. The van der Waals surface area contributed by atoms with Gasteiger partial charge in [-0.3, -0.25) is 4.79 Å². The second-order valence-corrected chi connectivity index (χ2v) is 4.72. The lowest BCUT2D eigenvalue weighted by Gasteiger charge is -2.33. The Bertz CT molecular complexity index is 674. The average Bonchev–Trinajstić information content (AvgIpc) is 2.35. The maximum atomic E-state index is 11.4. The first-order chi connectivity index (χ1) is 9.15. The molecule has 0 spiro atoms. The van der Waals surface area contributed by atoms with Crippen LogP contribution in [0.3, 0.4) is 0 Å². The number of rotatable bonds is 3. The Morgan fingerprint density at radius 2 is 1.68 bits per heavy atom. The van der Waals surface area contributed by atoms with Gasteiger partial charge in [0.15, 0.2) is 0 Å². The molecule has 1 aliphatic heterocycles. The fourth-order valence-electron chi connectivity index (χ4n) is 2.27. The molecule has 4 nitrogen and oxygen atoms in total. The van der Waals surface area contributed by atoms with Crippen molar-refractivity contribution in [3.63, 3.8) is 0 Å². The van der Waals surface area contributed by atoms with E-state index in [1.54, 1.807) is 18.2 Å². The summed E-state index contributed by atoms with van der Waals surface area (Å²) in [6.07, 6.45) is 1.23. The second kappa shape index (κ2) is 4.39. The van der Waals surface area contributed by atoms with Crippen molar-refractivity contribution in [2.24, 2.45) is 0 Å². The van der Waals surface area contributed by atoms with Crippen molar-refractivity contribution in [1.29, 1.82) is 0 Å². The zero-order valence-corrected chi connectivity index (χ0v) is 10.3. The second-order valence-electron chi connectivity index (χ2n) is 4.72. The third-order valence-corrected chi connectivity index (χ3v) is 3.50. The lowest BCUT2D eigenvalue weighted by molar-refractivity contribution is -0.131. The van der Waals surface area contributed by atoms with Gasteiger partial charge in [-0.1, -0.05) is 18.2 Å². The molecule has 1 fully saturated rings. The van der Waals surface area contributed by atoms with Crippen LogP contribution in [0.2, 0.25) is 0 Å². The van der Waals surface area contributed by atoms with Crippen LogP contribution in [0.15, 0.2) is 36.4 Å². The molecule has 1 saturated heterocycles. The van der Waals surface area contributed by atoms with E-state index in [0.29, 0.717) is 0 Å². The molecule has 1 aliphatic rings. The number of ketones is 1. The summed E-state index contributed by atoms with van der Waals surface area (Å²) in [7, 11) is 0. The van der Waals surface area contributed by atoms with Crippen molar-refractivity contribution in [3.8, 4) is 0 Å². The first-order valence-corrected chi connectivity index (χ1v) is 6.21. The predicted octanol–water partition coefficient (Wildman–Crippen LogP) is 2.32. The van der Waals surface area contributed by atoms with Gasteiger partial charge in [0.2, 0.25) is 0 Å². The van der Waals surface area contributed by atoms with Gasteiger partial charge in [0.1, 0.15) is 0 Å². The van der Waals surface area contributed by atoms with Gasteiger partial charge in [-0.05, 0) is 35.4 Å². The number of benzene rings is 2. The average molecular weight is 255 g/mol. The maximum absolute atomic E-state index is 11.4. The third kappa shape index (κ3) is 2.05. The van der Waals surface area contributed by atoms with Crippen molar-refractivity contribution < 1.29 is 14.7 Å². The number of aliphatic carboxylic acids is 1. The SMILES string of the molecule is O=C(O)C(=O)c1ccc2cc(N3CCC3)ccc2c1. The summed E-state index contributed by atoms with van der Waals surface area (Å²) in [5.41, 5.74) is 1.40. The first-order valence-electron chi connectivity index (χ1n) is 6.21. The monoisotopic (exact) mass is 255 g/mol. The van der Waals surface area contributed by atoms with Gasteiger partial charge in [-0.2, -0.15) is 0 Å². The van der Waals surface area contributed by atoms with Gasteiger partial charge in [-0.25, -0.2) is 4.79 Å². The van der Waals surface area contributed by atoms with Gasteiger partial charge in [0.25, 0.3) is 5.78 Å². The number of carboxylic acids is 1. The predicted molar refractivity (Wildman–Crippen MR) is 72.7 cm³/mol. The molecular weight excluding hydrogens is 242 g/mol. The molecule has 0 aliphatic carbocycles. The highest BCUT2D eigenvalue weighted by Gasteiger charge is 2.16. The molecular formula is C15H13NO3. The van der Waals surface area contributed by atoms with Gasteiger partial charge in [0, 0.05) is 24.3 Å². The van der Waals surface area contributed by atoms with Gasteiger partial charge >= 0.3 is 5.97 Å². The molecule has 0 unspecified atom stereocenters. The van der Waals surface area contributed by atoms with Crippen LogP contribution in [0.4, 0.5) is 5.69 Å². The molecule has 4 heteroatoms. The summed E-state index contributed by atoms with van der Waals surface area (Å²) in [5, 5.41) is 10.6. The Morgan fingerprint density at radius 1 is 1.00 bits per heavy atom. The summed E-state index contributed by atoms with van der Waals surface area (Å²) in [5.74, 6) is -2.29. The summed E-state index contributed by atoms with van der Waals surface area (Å²) < 4.78 is 0. The van der Waals surface area contributed by atoms with Gasteiger partial charge < -0.3 is 10.0 Å². The van der Waals surface area contributed by atoms with Crippen LogP contribution in [0.25, 0.3) is 10.8 Å². The summed E-state index contributed by atoms with van der Waals surface area (Å²) in [6, 6.07) is 11.0.